The van der Waals surface area contributed by atoms with Gasteiger partial charge in [0.1, 0.15) is 0 Å². The Morgan fingerprint density at radius 2 is 1.75 bits per heavy atom. The Morgan fingerprint density at radius 1 is 1.15 bits per heavy atom. The maximum absolute atomic E-state index is 12.6. The predicted octanol–water partition coefficient (Wildman–Crippen LogP) is 2.68. The van der Waals surface area contributed by atoms with Gasteiger partial charge in [0.2, 0.25) is 0 Å². The lowest BCUT2D eigenvalue weighted by atomic mass is 9.95. The van der Waals surface area contributed by atoms with Gasteiger partial charge < -0.3 is 14.5 Å². The van der Waals surface area contributed by atoms with Gasteiger partial charge in [-0.25, -0.2) is 4.79 Å². The molecule has 0 aromatic rings. The predicted molar refractivity (Wildman–Crippen MR) is 76.5 cm³/mol. The fourth-order valence-corrected chi connectivity index (χ4v) is 3.27. The van der Waals surface area contributed by atoms with Crippen molar-refractivity contribution in [3.8, 4) is 0 Å². The van der Waals surface area contributed by atoms with Crippen molar-refractivity contribution in [1.82, 2.24) is 9.80 Å². The Balaban J connectivity index is 1.65. The number of amides is 1. The third kappa shape index (κ3) is 4.70. The molecule has 2 heterocycles. The maximum atomic E-state index is 12.6. The second kappa shape index (κ2) is 7.36. The number of rotatable bonds is 4. The summed E-state index contributed by atoms with van der Waals surface area (Å²) in [7, 11) is 0. The molecule has 20 heavy (non-hydrogen) atoms. The zero-order chi connectivity index (χ0) is 14.5. The Bertz CT molecular complexity index is 309. The van der Waals surface area contributed by atoms with Crippen LogP contribution in [-0.4, -0.2) is 60.9 Å². The van der Waals surface area contributed by atoms with E-state index in [1.165, 1.54) is 4.90 Å². The first-order valence-electron chi connectivity index (χ1n) is 7.87. The third-order valence-electron chi connectivity index (χ3n) is 4.38. The summed E-state index contributed by atoms with van der Waals surface area (Å²) in [6.45, 7) is 8.61. The van der Waals surface area contributed by atoms with Crippen LogP contribution in [0.5, 0.6) is 0 Å². The van der Waals surface area contributed by atoms with Gasteiger partial charge in [-0.1, -0.05) is 0 Å². The molecule has 2 fully saturated rings. The molecule has 0 radical (unpaired) electrons. The standard InChI is InChI=1S/C15H27FN2O2/c1-12(2)20-14-5-7-17(8-6-14)11-13-3-9-18(10-4-13)15(16)19/h12-14H,3-11H2,1-2H3. The normalized spacial score (nSPS) is 23.5. The highest BCUT2D eigenvalue weighted by Gasteiger charge is 2.26. The van der Waals surface area contributed by atoms with Crippen molar-refractivity contribution < 1.29 is 13.9 Å². The van der Waals surface area contributed by atoms with Gasteiger partial charge in [0.25, 0.3) is 0 Å². The second-order valence-corrected chi connectivity index (χ2v) is 6.37. The topological polar surface area (TPSA) is 32.8 Å². The van der Waals surface area contributed by atoms with Crippen molar-refractivity contribution in [1.29, 1.82) is 0 Å². The largest absolute Gasteiger partial charge is 0.400 e. The molecule has 0 unspecified atom stereocenters. The van der Waals surface area contributed by atoms with E-state index in [4.69, 9.17) is 4.74 Å². The van der Waals surface area contributed by atoms with E-state index >= 15 is 0 Å². The van der Waals surface area contributed by atoms with Crippen LogP contribution < -0.4 is 0 Å². The third-order valence-corrected chi connectivity index (χ3v) is 4.38. The number of likely N-dealkylation sites (tertiary alicyclic amines) is 2. The molecule has 0 atom stereocenters. The fourth-order valence-electron chi connectivity index (χ4n) is 3.27. The van der Waals surface area contributed by atoms with Crippen LogP contribution in [0.15, 0.2) is 0 Å². The van der Waals surface area contributed by atoms with Gasteiger partial charge in [-0.2, -0.15) is 0 Å². The molecule has 2 aliphatic rings. The molecule has 116 valence electrons. The Morgan fingerprint density at radius 3 is 2.25 bits per heavy atom. The minimum Gasteiger partial charge on any atom is -0.375 e. The van der Waals surface area contributed by atoms with Crippen molar-refractivity contribution in [3.05, 3.63) is 0 Å². The first kappa shape index (κ1) is 15.7. The minimum atomic E-state index is -1.27. The molecule has 0 N–H and O–H groups in total. The van der Waals surface area contributed by atoms with E-state index in [2.05, 4.69) is 18.7 Å². The summed E-state index contributed by atoms with van der Waals surface area (Å²) in [5.74, 6) is 0.605. The number of carbonyl (C=O) groups is 1. The van der Waals surface area contributed by atoms with Gasteiger partial charge in [0, 0.05) is 32.7 Å². The first-order chi connectivity index (χ1) is 9.54. The number of hydrogen-bond acceptors (Lipinski definition) is 3. The van der Waals surface area contributed by atoms with Crippen LogP contribution in [0.3, 0.4) is 0 Å². The lowest BCUT2D eigenvalue weighted by Gasteiger charge is -2.37. The molecular formula is C15H27FN2O2. The van der Waals surface area contributed by atoms with Crippen LogP contribution in [0.25, 0.3) is 0 Å². The molecule has 0 aromatic heterocycles. The van der Waals surface area contributed by atoms with Gasteiger partial charge in [-0.15, -0.1) is 4.39 Å². The average molecular weight is 286 g/mol. The van der Waals surface area contributed by atoms with E-state index < -0.39 is 6.16 Å². The van der Waals surface area contributed by atoms with Gasteiger partial charge >= 0.3 is 6.16 Å². The molecule has 0 aromatic carbocycles. The lowest BCUT2D eigenvalue weighted by molar-refractivity contribution is -0.0296. The van der Waals surface area contributed by atoms with Crippen LogP contribution in [0, 0.1) is 5.92 Å². The van der Waals surface area contributed by atoms with Crippen molar-refractivity contribution in [2.24, 2.45) is 5.92 Å². The summed E-state index contributed by atoms with van der Waals surface area (Å²) < 4.78 is 18.4. The van der Waals surface area contributed by atoms with Crippen LogP contribution in [-0.2, 0) is 4.74 Å². The van der Waals surface area contributed by atoms with Crippen molar-refractivity contribution in [3.63, 3.8) is 0 Å². The molecule has 4 nitrogen and oxygen atoms in total. The molecule has 2 rings (SSSR count). The summed E-state index contributed by atoms with van der Waals surface area (Å²) >= 11 is 0. The van der Waals surface area contributed by atoms with Crippen LogP contribution >= 0.6 is 0 Å². The number of nitrogens with zero attached hydrogens (tertiary/aromatic N) is 2. The van der Waals surface area contributed by atoms with Gasteiger partial charge in [-0.3, -0.25) is 0 Å². The van der Waals surface area contributed by atoms with E-state index in [0.29, 0.717) is 31.2 Å². The van der Waals surface area contributed by atoms with E-state index in [9.17, 15) is 9.18 Å². The summed E-state index contributed by atoms with van der Waals surface area (Å²) in [5, 5.41) is 0. The molecule has 2 saturated heterocycles. The average Bonchev–Trinajstić information content (AvgIpc) is 2.41. The number of hydrogen-bond donors (Lipinski definition) is 0. The SMILES string of the molecule is CC(C)OC1CCN(CC2CCN(C(=O)F)CC2)CC1. The van der Waals surface area contributed by atoms with Gasteiger partial charge in [0.05, 0.1) is 12.2 Å². The zero-order valence-corrected chi connectivity index (χ0v) is 12.7. The first-order valence-corrected chi connectivity index (χ1v) is 7.87. The molecule has 2 aliphatic heterocycles. The summed E-state index contributed by atoms with van der Waals surface area (Å²) in [6, 6.07) is 0. The van der Waals surface area contributed by atoms with E-state index in [-0.39, 0.29) is 0 Å². The van der Waals surface area contributed by atoms with Crippen molar-refractivity contribution in [2.75, 3.05) is 32.7 Å². The van der Waals surface area contributed by atoms with E-state index in [1.807, 2.05) is 0 Å². The number of ether oxygens (including phenoxy) is 1. The highest BCUT2D eigenvalue weighted by atomic mass is 19.1. The van der Waals surface area contributed by atoms with Crippen LogP contribution in [0.1, 0.15) is 39.5 Å². The van der Waals surface area contributed by atoms with E-state index in [0.717, 1.165) is 45.3 Å². The van der Waals surface area contributed by atoms with Crippen LogP contribution in [0.4, 0.5) is 9.18 Å². The smallest absolute Gasteiger partial charge is 0.375 e. The lowest BCUT2D eigenvalue weighted by Crippen LogP contribution is -2.43. The number of piperidine rings is 2. The van der Waals surface area contributed by atoms with Crippen LogP contribution in [0.2, 0.25) is 0 Å². The van der Waals surface area contributed by atoms with Gasteiger partial charge in [-0.05, 0) is 45.4 Å². The quantitative estimate of drug-likeness (QED) is 0.588. The molecule has 0 bridgehead atoms. The van der Waals surface area contributed by atoms with Crippen molar-refractivity contribution >= 4 is 6.16 Å². The monoisotopic (exact) mass is 286 g/mol. The summed E-state index contributed by atoms with van der Waals surface area (Å²) in [5.41, 5.74) is 0. The Labute approximate surface area is 121 Å². The molecule has 0 saturated carbocycles. The maximum Gasteiger partial charge on any atom is 0.400 e. The Kier molecular flexibility index (Phi) is 5.78. The number of halogens is 1. The molecule has 0 aliphatic carbocycles. The zero-order valence-electron chi connectivity index (χ0n) is 12.7. The van der Waals surface area contributed by atoms with Gasteiger partial charge in [0.15, 0.2) is 0 Å². The molecule has 5 heteroatoms. The second-order valence-electron chi connectivity index (χ2n) is 6.37. The molecular weight excluding hydrogens is 259 g/mol. The Hall–Kier alpha value is -0.680. The molecule has 0 spiro atoms. The minimum absolute atomic E-state index is 0.314. The summed E-state index contributed by atoms with van der Waals surface area (Å²) in [6.07, 6.45) is 3.54. The fraction of sp³-hybridized carbons (Fsp3) is 0.933. The van der Waals surface area contributed by atoms with E-state index in [1.54, 1.807) is 0 Å². The highest BCUT2D eigenvalue weighted by molar-refractivity contribution is 5.66. The highest BCUT2D eigenvalue weighted by Crippen LogP contribution is 2.22. The van der Waals surface area contributed by atoms with Crippen molar-refractivity contribution in [2.45, 2.75) is 51.7 Å². The summed E-state index contributed by atoms with van der Waals surface area (Å²) in [4.78, 5) is 14.5. The molecule has 1 amide bonds. The number of carbonyl (C=O) groups excluding carboxylic acids is 1.